The summed E-state index contributed by atoms with van der Waals surface area (Å²) in [4.78, 5) is 5.30. The third kappa shape index (κ3) is 6.34. The maximum atomic E-state index is 6.49. The lowest BCUT2D eigenvalue weighted by Gasteiger charge is -2.35. The summed E-state index contributed by atoms with van der Waals surface area (Å²) < 4.78 is 6.06. The molecule has 1 aliphatic carbocycles. The maximum Gasteiger partial charge on any atom is 0.0495 e. The molecule has 0 amide bonds. The average molecular weight is 508 g/mol. The van der Waals surface area contributed by atoms with Gasteiger partial charge in [0, 0.05) is 55.4 Å². The largest absolute Gasteiger partial charge is 0.381 e. The van der Waals surface area contributed by atoms with E-state index >= 15 is 0 Å². The Morgan fingerprint density at radius 2 is 1.73 bits per heavy atom. The average Bonchev–Trinajstić information content (AvgIpc) is 3.43. The highest BCUT2D eigenvalue weighted by Gasteiger charge is 2.36. The van der Waals surface area contributed by atoms with E-state index in [0.717, 1.165) is 49.7 Å². The van der Waals surface area contributed by atoms with Crippen LogP contribution in [0.3, 0.4) is 0 Å². The Bertz CT molecular complexity index is 880. The molecule has 1 aromatic heterocycles. The van der Waals surface area contributed by atoms with Crippen LogP contribution < -0.4 is 0 Å². The van der Waals surface area contributed by atoms with Crippen LogP contribution in [0.2, 0.25) is 10.0 Å². The summed E-state index contributed by atoms with van der Waals surface area (Å²) in [5, 5.41) is 6.05. The summed E-state index contributed by atoms with van der Waals surface area (Å²) in [5.41, 5.74) is 2.68. The first-order valence-corrected chi connectivity index (χ1v) is 14.3. The van der Waals surface area contributed by atoms with Crippen molar-refractivity contribution in [2.45, 2.75) is 44.6 Å². The lowest BCUT2D eigenvalue weighted by atomic mass is 9.86. The van der Waals surface area contributed by atoms with Gasteiger partial charge in [-0.2, -0.15) is 11.3 Å². The maximum absolute atomic E-state index is 6.49. The van der Waals surface area contributed by atoms with Crippen LogP contribution in [0.1, 0.15) is 49.1 Å². The van der Waals surface area contributed by atoms with Crippen molar-refractivity contribution in [1.29, 1.82) is 0 Å². The molecule has 0 bridgehead atoms. The molecular formula is C27H36Cl2N2OS. The van der Waals surface area contributed by atoms with Crippen LogP contribution >= 0.6 is 34.5 Å². The highest BCUT2D eigenvalue weighted by Crippen LogP contribution is 2.36. The van der Waals surface area contributed by atoms with Crippen molar-refractivity contribution in [2.24, 2.45) is 17.8 Å². The molecule has 3 heterocycles. The Morgan fingerprint density at radius 3 is 2.39 bits per heavy atom. The van der Waals surface area contributed by atoms with Gasteiger partial charge in [-0.15, -0.1) is 0 Å². The molecule has 0 spiro atoms. The molecule has 0 N–H and O–H groups in total. The molecule has 3 nitrogen and oxygen atoms in total. The third-order valence-electron chi connectivity index (χ3n) is 8.03. The first-order valence-electron chi connectivity index (χ1n) is 12.6. The minimum Gasteiger partial charge on any atom is -0.381 e. The quantitative estimate of drug-likeness (QED) is 0.371. The van der Waals surface area contributed by atoms with E-state index < -0.39 is 0 Å². The number of halogens is 2. The topological polar surface area (TPSA) is 15.7 Å². The highest BCUT2D eigenvalue weighted by atomic mass is 35.5. The molecule has 2 aromatic rings. The molecule has 0 radical (unpaired) electrons. The van der Waals surface area contributed by atoms with Crippen molar-refractivity contribution in [3.63, 3.8) is 0 Å². The third-order valence-corrected chi connectivity index (χ3v) is 9.32. The molecule has 2 saturated heterocycles. The van der Waals surface area contributed by atoms with E-state index in [2.05, 4.69) is 32.7 Å². The number of benzene rings is 1. The van der Waals surface area contributed by atoms with E-state index in [-0.39, 0.29) is 0 Å². The summed E-state index contributed by atoms with van der Waals surface area (Å²) >= 11 is 14.4. The van der Waals surface area contributed by atoms with Gasteiger partial charge in [-0.3, -0.25) is 4.90 Å². The van der Waals surface area contributed by atoms with Crippen molar-refractivity contribution in [2.75, 3.05) is 45.9 Å². The molecule has 33 heavy (non-hydrogen) atoms. The van der Waals surface area contributed by atoms with Crippen molar-refractivity contribution < 1.29 is 4.74 Å². The van der Waals surface area contributed by atoms with Gasteiger partial charge in [-0.05, 0) is 96.6 Å². The van der Waals surface area contributed by atoms with Gasteiger partial charge in [-0.1, -0.05) is 35.7 Å². The van der Waals surface area contributed by atoms with Crippen LogP contribution in [0.25, 0.3) is 0 Å². The lowest BCUT2D eigenvalue weighted by molar-refractivity contribution is 0.0286. The van der Waals surface area contributed by atoms with Gasteiger partial charge in [0.1, 0.15) is 0 Å². The first kappa shape index (κ1) is 24.1. The van der Waals surface area contributed by atoms with E-state index in [1.165, 1.54) is 62.9 Å². The Labute approximate surface area is 213 Å². The summed E-state index contributed by atoms with van der Waals surface area (Å²) in [7, 11) is 0. The molecule has 3 aliphatic rings. The van der Waals surface area contributed by atoms with E-state index in [1.807, 2.05) is 23.5 Å². The van der Waals surface area contributed by atoms with Gasteiger partial charge >= 0.3 is 0 Å². The van der Waals surface area contributed by atoms with Gasteiger partial charge in [0.05, 0.1) is 0 Å². The van der Waals surface area contributed by atoms with Crippen molar-refractivity contribution in [1.82, 2.24) is 9.80 Å². The zero-order chi connectivity index (χ0) is 22.6. The standard InChI is InChI=1S/C27H36Cl2N2OS/c28-25-5-4-22(27(29)12-25)13-31-15-24(26(16-31)23-8-11-33-19-23)14-30-9-6-21(7-10-30)18-32-17-20-2-1-3-20/h4-5,8,11-12,19-21,24,26H,1-3,6-7,9-10,13-18H2. The second-order valence-corrected chi connectivity index (χ2v) is 12.1. The number of ether oxygens (including phenoxy) is 1. The summed E-state index contributed by atoms with van der Waals surface area (Å²) in [6.07, 6.45) is 6.73. The van der Waals surface area contributed by atoms with Crippen LogP contribution in [0.5, 0.6) is 0 Å². The molecule has 180 valence electrons. The van der Waals surface area contributed by atoms with E-state index in [0.29, 0.717) is 16.9 Å². The number of hydrogen-bond donors (Lipinski definition) is 0. The Balaban J connectivity index is 1.14. The van der Waals surface area contributed by atoms with Gasteiger partial charge < -0.3 is 9.64 Å². The number of rotatable bonds is 9. The zero-order valence-corrected chi connectivity index (χ0v) is 21.8. The van der Waals surface area contributed by atoms with Crippen LogP contribution in [0.15, 0.2) is 35.0 Å². The van der Waals surface area contributed by atoms with Crippen LogP contribution in [-0.4, -0.2) is 55.7 Å². The smallest absolute Gasteiger partial charge is 0.0495 e. The molecule has 1 aromatic carbocycles. The molecule has 2 unspecified atom stereocenters. The fourth-order valence-corrected chi connectivity index (χ4v) is 6.95. The highest BCUT2D eigenvalue weighted by molar-refractivity contribution is 7.08. The van der Waals surface area contributed by atoms with Crippen LogP contribution in [0, 0.1) is 17.8 Å². The number of nitrogens with zero attached hydrogens (tertiary/aromatic N) is 2. The lowest BCUT2D eigenvalue weighted by Crippen LogP contribution is -2.39. The first-order chi connectivity index (χ1) is 16.1. The van der Waals surface area contributed by atoms with Gasteiger partial charge in [0.15, 0.2) is 0 Å². The van der Waals surface area contributed by atoms with E-state index in [1.54, 1.807) is 0 Å². The van der Waals surface area contributed by atoms with Crippen LogP contribution in [-0.2, 0) is 11.3 Å². The number of likely N-dealkylation sites (tertiary alicyclic amines) is 2. The normalized spacial score (nSPS) is 25.5. The Kier molecular flexibility index (Phi) is 8.33. The SMILES string of the molecule is Clc1ccc(CN2CC(CN3CCC(COCC4CCC4)CC3)C(c3ccsc3)C2)c(Cl)c1. The monoisotopic (exact) mass is 506 g/mol. The summed E-state index contributed by atoms with van der Waals surface area (Å²) in [6, 6.07) is 8.22. The fraction of sp³-hybridized carbons (Fsp3) is 0.630. The Hall–Kier alpha value is -0.620. The second-order valence-electron chi connectivity index (χ2n) is 10.4. The summed E-state index contributed by atoms with van der Waals surface area (Å²) in [5.74, 6) is 2.87. The van der Waals surface area contributed by atoms with Crippen molar-refractivity contribution in [3.8, 4) is 0 Å². The molecule has 5 rings (SSSR count). The molecule has 1 saturated carbocycles. The predicted molar refractivity (Wildman–Crippen MR) is 140 cm³/mol. The molecule has 6 heteroatoms. The molecule has 3 fully saturated rings. The van der Waals surface area contributed by atoms with E-state index in [9.17, 15) is 0 Å². The minimum absolute atomic E-state index is 0.603. The second kappa shape index (κ2) is 11.4. The minimum atomic E-state index is 0.603. The Morgan fingerprint density at radius 1 is 0.939 bits per heavy atom. The van der Waals surface area contributed by atoms with Gasteiger partial charge in [0.25, 0.3) is 0 Å². The zero-order valence-electron chi connectivity index (χ0n) is 19.4. The number of thiophene rings is 1. The van der Waals surface area contributed by atoms with E-state index in [4.69, 9.17) is 27.9 Å². The fourth-order valence-electron chi connectivity index (χ4n) is 5.76. The number of piperidine rings is 1. The molecule has 2 aliphatic heterocycles. The molecule has 2 atom stereocenters. The number of hydrogen-bond acceptors (Lipinski definition) is 4. The predicted octanol–water partition coefficient (Wildman–Crippen LogP) is 6.80. The summed E-state index contributed by atoms with van der Waals surface area (Å²) in [6.45, 7) is 8.73. The van der Waals surface area contributed by atoms with Crippen LogP contribution in [0.4, 0.5) is 0 Å². The van der Waals surface area contributed by atoms with Crippen molar-refractivity contribution >= 4 is 34.5 Å². The van der Waals surface area contributed by atoms with Crippen molar-refractivity contribution in [3.05, 3.63) is 56.2 Å². The van der Waals surface area contributed by atoms with Gasteiger partial charge in [0.2, 0.25) is 0 Å². The molecular weight excluding hydrogens is 471 g/mol. The van der Waals surface area contributed by atoms with Gasteiger partial charge in [-0.25, -0.2) is 0 Å².